The van der Waals surface area contributed by atoms with Crippen molar-refractivity contribution >= 4 is 30.1 Å². The van der Waals surface area contributed by atoms with Crippen LogP contribution in [-0.4, -0.2) is 62.4 Å². The molecule has 1 aromatic carbocycles. The fourth-order valence-electron chi connectivity index (χ4n) is 2.33. The second-order valence-corrected chi connectivity index (χ2v) is 6.73. The SMILES string of the molecule is COc1ccc(SC(C)C(=O)NCCN2CCNCC2)cc1.Cl. The van der Waals surface area contributed by atoms with E-state index in [9.17, 15) is 4.79 Å². The van der Waals surface area contributed by atoms with Gasteiger partial charge >= 0.3 is 0 Å². The van der Waals surface area contributed by atoms with Crippen molar-refractivity contribution in [2.75, 3.05) is 46.4 Å². The number of carbonyl (C=O) groups is 1. The Bertz CT molecular complexity index is 467. The summed E-state index contributed by atoms with van der Waals surface area (Å²) in [6, 6.07) is 7.79. The van der Waals surface area contributed by atoms with Crippen LogP contribution in [0.1, 0.15) is 6.92 Å². The van der Waals surface area contributed by atoms with E-state index in [4.69, 9.17) is 4.74 Å². The van der Waals surface area contributed by atoms with Crippen LogP contribution in [0.3, 0.4) is 0 Å². The maximum atomic E-state index is 12.1. The summed E-state index contributed by atoms with van der Waals surface area (Å²) >= 11 is 1.57. The van der Waals surface area contributed by atoms with Crippen molar-refractivity contribution in [3.05, 3.63) is 24.3 Å². The number of halogens is 1. The van der Waals surface area contributed by atoms with E-state index in [-0.39, 0.29) is 23.6 Å². The summed E-state index contributed by atoms with van der Waals surface area (Å²) in [5.41, 5.74) is 0. The van der Waals surface area contributed by atoms with Crippen LogP contribution in [0.15, 0.2) is 29.2 Å². The molecule has 23 heavy (non-hydrogen) atoms. The van der Waals surface area contributed by atoms with Crippen molar-refractivity contribution in [2.24, 2.45) is 0 Å². The zero-order chi connectivity index (χ0) is 15.8. The summed E-state index contributed by atoms with van der Waals surface area (Å²) in [7, 11) is 1.65. The monoisotopic (exact) mass is 359 g/mol. The molecule has 130 valence electrons. The van der Waals surface area contributed by atoms with Gasteiger partial charge in [-0.1, -0.05) is 0 Å². The predicted octanol–water partition coefficient (Wildman–Crippen LogP) is 1.62. The lowest BCUT2D eigenvalue weighted by Gasteiger charge is -2.27. The molecule has 1 amide bonds. The Morgan fingerprint density at radius 2 is 2.00 bits per heavy atom. The zero-order valence-electron chi connectivity index (χ0n) is 13.7. The van der Waals surface area contributed by atoms with Crippen molar-refractivity contribution in [1.82, 2.24) is 15.5 Å². The minimum absolute atomic E-state index is 0. The molecule has 2 rings (SSSR count). The van der Waals surface area contributed by atoms with Gasteiger partial charge in [-0.05, 0) is 31.2 Å². The van der Waals surface area contributed by atoms with Gasteiger partial charge in [-0.25, -0.2) is 0 Å². The molecule has 0 bridgehead atoms. The Labute approximate surface area is 148 Å². The number of nitrogens with one attached hydrogen (secondary N) is 2. The average molecular weight is 360 g/mol. The van der Waals surface area contributed by atoms with Gasteiger partial charge in [0.1, 0.15) is 5.75 Å². The lowest BCUT2D eigenvalue weighted by molar-refractivity contribution is -0.120. The number of piperazine rings is 1. The van der Waals surface area contributed by atoms with Gasteiger partial charge in [-0.15, -0.1) is 24.2 Å². The van der Waals surface area contributed by atoms with Gasteiger partial charge in [-0.2, -0.15) is 0 Å². The van der Waals surface area contributed by atoms with E-state index in [2.05, 4.69) is 15.5 Å². The first-order valence-electron chi connectivity index (χ1n) is 7.70. The van der Waals surface area contributed by atoms with Gasteiger partial charge in [0.15, 0.2) is 0 Å². The Hall–Kier alpha value is -0.950. The molecule has 1 heterocycles. The average Bonchev–Trinajstić information content (AvgIpc) is 2.56. The Balaban J connectivity index is 0.00000264. The van der Waals surface area contributed by atoms with Crippen LogP contribution in [-0.2, 0) is 4.79 Å². The van der Waals surface area contributed by atoms with Crippen LogP contribution in [0.2, 0.25) is 0 Å². The van der Waals surface area contributed by atoms with Crippen molar-refractivity contribution in [2.45, 2.75) is 17.1 Å². The Morgan fingerprint density at radius 1 is 1.35 bits per heavy atom. The molecule has 1 aliphatic heterocycles. The summed E-state index contributed by atoms with van der Waals surface area (Å²) in [6.07, 6.45) is 0. The van der Waals surface area contributed by atoms with Crippen molar-refractivity contribution in [3.8, 4) is 5.75 Å². The van der Waals surface area contributed by atoms with Gasteiger partial charge in [0.05, 0.1) is 12.4 Å². The number of thioether (sulfide) groups is 1. The number of ether oxygens (including phenoxy) is 1. The lowest BCUT2D eigenvalue weighted by Crippen LogP contribution is -2.46. The quantitative estimate of drug-likeness (QED) is 0.724. The number of rotatable bonds is 7. The maximum absolute atomic E-state index is 12.1. The molecule has 0 aliphatic carbocycles. The zero-order valence-corrected chi connectivity index (χ0v) is 15.3. The smallest absolute Gasteiger partial charge is 0.233 e. The number of amides is 1. The van der Waals surface area contributed by atoms with Gasteiger partial charge in [-0.3, -0.25) is 9.69 Å². The van der Waals surface area contributed by atoms with Crippen molar-refractivity contribution in [3.63, 3.8) is 0 Å². The number of hydrogen-bond acceptors (Lipinski definition) is 5. The highest BCUT2D eigenvalue weighted by Crippen LogP contribution is 2.25. The normalized spacial score (nSPS) is 16.3. The minimum atomic E-state index is -0.101. The van der Waals surface area contributed by atoms with E-state index in [1.54, 1.807) is 18.9 Å². The summed E-state index contributed by atoms with van der Waals surface area (Å²) in [5, 5.41) is 6.25. The largest absolute Gasteiger partial charge is 0.497 e. The number of hydrogen-bond donors (Lipinski definition) is 2. The number of methoxy groups -OCH3 is 1. The van der Waals surface area contributed by atoms with E-state index in [1.165, 1.54) is 0 Å². The molecule has 0 saturated carbocycles. The summed E-state index contributed by atoms with van der Waals surface area (Å²) in [5.74, 6) is 0.924. The summed E-state index contributed by atoms with van der Waals surface area (Å²) in [4.78, 5) is 15.6. The highest BCUT2D eigenvalue weighted by Gasteiger charge is 2.15. The Morgan fingerprint density at radius 3 is 2.61 bits per heavy atom. The first kappa shape index (κ1) is 20.1. The molecule has 1 atom stereocenters. The molecule has 1 saturated heterocycles. The van der Waals surface area contributed by atoms with Gasteiger partial charge in [0.2, 0.25) is 5.91 Å². The molecular formula is C16H26ClN3O2S. The maximum Gasteiger partial charge on any atom is 0.233 e. The predicted molar refractivity (Wildman–Crippen MR) is 97.9 cm³/mol. The van der Waals surface area contributed by atoms with E-state index < -0.39 is 0 Å². The molecule has 7 heteroatoms. The van der Waals surface area contributed by atoms with Gasteiger partial charge < -0.3 is 15.4 Å². The minimum Gasteiger partial charge on any atom is -0.497 e. The molecule has 1 unspecified atom stereocenters. The lowest BCUT2D eigenvalue weighted by atomic mass is 10.3. The molecule has 0 spiro atoms. The van der Waals surface area contributed by atoms with Crippen LogP contribution in [0.5, 0.6) is 5.75 Å². The number of carbonyl (C=O) groups excluding carboxylic acids is 1. The van der Waals surface area contributed by atoms with Gasteiger partial charge in [0.25, 0.3) is 0 Å². The van der Waals surface area contributed by atoms with Crippen LogP contribution in [0.4, 0.5) is 0 Å². The third kappa shape index (κ3) is 6.99. The number of benzene rings is 1. The number of nitrogens with zero attached hydrogens (tertiary/aromatic N) is 1. The fraction of sp³-hybridized carbons (Fsp3) is 0.562. The second kappa shape index (κ2) is 10.8. The van der Waals surface area contributed by atoms with Crippen molar-refractivity contribution in [1.29, 1.82) is 0 Å². The van der Waals surface area contributed by atoms with E-state index in [1.807, 2.05) is 31.2 Å². The highest BCUT2D eigenvalue weighted by atomic mass is 35.5. The van der Waals surface area contributed by atoms with Crippen LogP contribution in [0.25, 0.3) is 0 Å². The van der Waals surface area contributed by atoms with Crippen LogP contribution < -0.4 is 15.4 Å². The third-order valence-electron chi connectivity index (χ3n) is 3.68. The van der Waals surface area contributed by atoms with E-state index in [0.29, 0.717) is 6.54 Å². The standard InChI is InChI=1S/C16H25N3O2S.ClH/c1-13(22-15-5-3-14(21-2)4-6-15)16(20)18-9-12-19-10-7-17-8-11-19;/h3-6,13,17H,7-12H2,1-2H3,(H,18,20);1H. The molecule has 0 aromatic heterocycles. The fourth-order valence-corrected chi connectivity index (χ4v) is 3.22. The molecule has 1 aromatic rings. The molecule has 5 nitrogen and oxygen atoms in total. The molecule has 1 fully saturated rings. The van der Waals surface area contributed by atoms with Crippen LogP contribution >= 0.6 is 24.2 Å². The third-order valence-corrected chi connectivity index (χ3v) is 4.79. The van der Waals surface area contributed by atoms with Gasteiger partial charge in [0, 0.05) is 44.2 Å². The first-order valence-corrected chi connectivity index (χ1v) is 8.58. The topological polar surface area (TPSA) is 53.6 Å². The first-order chi connectivity index (χ1) is 10.7. The highest BCUT2D eigenvalue weighted by molar-refractivity contribution is 8.00. The molecule has 2 N–H and O–H groups in total. The molecular weight excluding hydrogens is 334 g/mol. The molecule has 0 radical (unpaired) electrons. The Kier molecular flexibility index (Phi) is 9.40. The van der Waals surface area contributed by atoms with E-state index in [0.717, 1.165) is 43.4 Å². The van der Waals surface area contributed by atoms with Crippen molar-refractivity contribution < 1.29 is 9.53 Å². The second-order valence-electron chi connectivity index (χ2n) is 5.32. The summed E-state index contributed by atoms with van der Waals surface area (Å²) < 4.78 is 5.13. The summed E-state index contributed by atoms with van der Waals surface area (Å²) in [6.45, 7) is 7.78. The van der Waals surface area contributed by atoms with Crippen LogP contribution in [0, 0.1) is 0 Å². The molecule has 1 aliphatic rings. The van der Waals surface area contributed by atoms with E-state index >= 15 is 0 Å².